The van der Waals surface area contributed by atoms with Crippen LogP contribution in [0.1, 0.15) is 43.2 Å². The van der Waals surface area contributed by atoms with Crippen molar-refractivity contribution >= 4 is 0 Å². The molecule has 0 spiro atoms. The predicted molar refractivity (Wildman–Crippen MR) is 83.4 cm³/mol. The van der Waals surface area contributed by atoms with E-state index in [0.717, 1.165) is 36.1 Å². The summed E-state index contributed by atoms with van der Waals surface area (Å²) in [6, 6.07) is 8.78. The molecule has 1 heteroatoms. The van der Waals surface area contributed by atoms with Crippen molar-refractivity contribution < 1.29 is 0 Å². The van der Waals surface area contributed by atoms with E-state index in [1.165, 1.54) is 17.7 Å². The fraction of sp³-hybridized carbons (Fsp3) is 0.684. The Balaban J connectivity index is 1.35. The molecule has 0 aliphatic heterocycles. The normalized spacial score (nSPS) is 38.4. The topological polar surface area (TPSA) is 12.0 Å². The quantitative estimate of drug-likeness (QED) is 0.865. The van der Waals surface area contributed by atoms with Gasteiger partial charge < -0.3 is 5.32 Å². The van der Waals surface area contributed by atoms with Crippen molar-refractivity contribution in [3.05, 3.63) is 35.4 Å². The van der Waals surface area contributed by atoms with E-state index in [1.807, 2.05) is 0 Å². The van der Waals surface area contributed by atoms with Gasteiger partial charge in [-0.1, -0.05) is 24.3 Å². The third-order valence-corrected chi connectivity index (χ3v) is 6.38. The van der Waals surface area contributed by atoms with Crippen molar-refractivity contribution in [2.24, 2.45) is 29.6 Å². The zero-order chi connectivity index (χ0) is 13.5. The largest absolute Gasteiger partial charge is 0.312 e. The Morgan fingerprint density at radius 1 is 0.950 bits per heavy atom. The molecule has 0 atom stereocenters. The van der Waals surface area contributed by atoms with Gasteiger partial charge in [0.05, 0.1) is 0 Å². The van der Waals surface area contributed by atoms with Gasteiger partial charge in [-0.15, -0.1) is 0 Å². The minimum Gasteiger partial charge on any atom is -0.312 e. The Labute approximate surface area is 123 Å². The van der Waals surface area contributed by atoms with Crippen molar-refractivity contribution in [1.29, 1.82) is 0 Å². The summed E-state index contributed by atoms with van der Waals surface area (Å²) in [6.07, 6.45) is 7.75. The first-order chi connectivity index (χ1) is 9.79. The molecule has 4 aliphatic rings. The molecule has 0 amide bonds. The Kier molecular flexibility index (Phi) is 3.34. The second-order valence-electron chi connectivity index (χ2n) is 7.65. The van der Waals surface area contributed by atoms with E-state index in [0.29, 0.717) is 0 Å². The number of aryl methyl sites for hydroxylation is 1. The minimum absolute atomic E-state index is 0.979. The third-order valence-electron chi connectivity index (χ3n) is 6.38. The van der Waals surface area contributed by atoms with Crippen molar-refractivity contribution in [3.63, 3.8) is 0 Å². The molecule has 4 fully saturated rings. The summed E-state index contributed by atoms with van der Waals surface area (Å²) in [5, 5.41) is 3.77. The molecule has 108 valence electrons. The first kappa shape index (κ1) is 12.9. The molecular formula is C19H27N. The minimum atomic E-state index is 0.979. The van der Waals surface area contributed by atoms with Gasteiger partial charge in [0.25, 0.3) is 0 Å². The van der Waals surface area contributed by atoms with Gasteiger partial charge in [0.15, 0.2) is 0 Å². The fourth-order valence-corrected chi connectivity index (χ4v) is 5.55. The van der Waals surface area contributed by atoms with Crippen LogP contribution in [0.5, 0.6) is 0 Å². The van der Waals surface area contributed by atoms with Crippen LogP contribution in [0.15, 0.2) is 24.3 Å². The highest BCUT2D eigenvalue weighted by Crippen LogP contribution is 2.56. The van der Waals surface area contributed by atoms with Crippen LogP contribution in [-0.4, -0.2) is 6.54 Å². The molecule has 1 nitrogen and oxygen atoms in total. The van der Waals surface area contributed by atoms with Crippen molar-refractivity contribution in [1.82, 2.24) is 5.32 Å². The molecule has 1 aromatic carbocycles. The van der Waals surface area contributed by atoms with Gasteiger partial charge in [-0.3, -0.25) is 0 Å². The van der Waals surface area contributed by atoms with E-state index in [4.69, 9.17) is 0 Å². The van der Waals surface area contributed by atoms with E-state index in [2.05, 4.69) is 36.5 Å². The van der Waals surface area contributed by atoms with Gasteiger partial charge in [0.2, 0.25) is 0 Å². The summed E-state index contributed by atoms with van der Waals surface area (Å²) in [5.41, 5.74) is 2.89. The lowest BCUT2D eigenvalue weighted by Gasteiger charge is -2.54. The molecule has 0 heterocycles. The zero-order valence-electron chi connectivity index (χ0n) is 12.6. The monoisotopic (exact) mass is 269 g/mol. The van der Waals surface area contributed by atoms with E-state index < -0.39 is 0 Å². The van der Waals surface area contributed by atoms with Crippen molar-refractivity contribution in [2.75, 3.05) is 6.54 Å². The summed E-state index contributed by atoms with van der Waals surface area (Å²) in [4.78, 5) is 0. The average Bonchev–Trinajstić information content (AvgIpc) is 2.43. The van der Waals surface area contributed by atoms with Crippen LogP contribution in [0.4, 0.5) is 0 Å². The maximum atomic E-state index is 3.77. The second-order valence-corrected chi connectivity index (χ2v) is 7.65. The van der Waals surface area contributed by atoms with Crippen LogP contribution in [0.25, 0.3) is 0 Å². The number of rotatable bonds is 4. The third kappa shape index (κ3) is 2.30. The first-order valence-corrected chi connectivity index (χ1v) is 8.55. The van der Waals surface area contributed by atoms with Gasteiger partial charge in [-0.2, -0.15) is 0 Å². The maximum Gasteiger partial charge on any atom is 0.0208 e. The van der Waals surface area contributed by atoms with E-state index in [1.54, 1.807) is 32.1 Å². The molecule has 5 rings (SSSR count). The summed E-state index contributed by atoms with van der Waals surface area (Å²) in [5.74, 6) is 5.29. The van der Waals surface area contributed by atoms with Crippen LogP contribution in [0.2, 0.25) is 0 Å². The van der Waals surface area contributed by atoms with Crippen LogP contribution < -0.4 is 5.32 Å². The summed E-state index contributed by atoms with van der Waals surface area (Å²) in [6.45, 7) is 4.53. The number of benzene rings is 1. The van der Waals surface area contributed by atoms with Gasteiger partial charge in [-0.25, -0.2) is 0 Å². The molecule has 0 saturated heterocycles. The Hall–Kier alpha value is -0.820. The van der Waals surface area contributed by atoms with Gasteiger partial charge in [-0.05, 0) is 86.3 Å². The Morgan fingerprint density at radius 2 is 1.60 bits per heavy atom. The fourth-order valence-electron chi connectivity index (χ4n) is 5.55. The molecule has 4 saturated carbocycles. The van der Waals surface area contributed by atoms with Gasteiger partial charge >= 0.3 is 0 Å². The molecule has 1 N–H and O–H groups in total. The molecule has 4 bridgehead atoms. The molecule has 20 heavy (non-hydrogen) atoms. The smallest absolute Gasteiger partial charge is 0.0208 e. The number of hydrogen-bond acceptors (Lipinski definition) is 1. The van der Waals surface area contributed by atoms with Crippen LogP contribution in [0.3, 0.4) is 0 Å². The molecule has 0 unspecified atom stereocenters. The standard InChI is InChI=1S/C19H27N/c1-13-4-2-3-5-16(13)11-20-12-19-17-7-14-6-15(9-17)10-18(19)8-14/h2-5,14-15,17-20H,6-12H2,1H3. The first-order valence-electron chi connectivity index (χ1n) is 8.55. The zero-order valence-corrected chi connectivity index (χ0v) is 12.6. The Bertz CT molecular complexity index is 450. The van der Waals surface area contributed by atoms with Gasteiger partial charge in [0.1, 0.15) is 0 Å². The lowest BCUT2D eigenvalue weighted by Crippen LogP contribution is -2.48. The summed E-state index contributed by atoms with van der Waals surface area (Å²) in [7, 11) is 0. The highest BCUT2D eigenvalue weighted by Gasteiger charge is 2.47. The van der Waals surface area contributed by atoms with Crippen LogP contribution >= 0.6 is 0 Å². The van der Waals surface area contributed by atoms with Crippen LogP contribution in [-0.2, 0) is 6.54 Å². The maximum absolute atomic E-state index is 3.77. The second kappa shape index (κ2) is 5.18. The van der Waals surface area contributed by atoms with Gasteiger partial charge in [0, 0.05) is 6.54 Å². The highest BCUT2D eigenvalue weighted by molar-refractivity contribution is 5.25. The molecule has 0 radical (unpaired) electrons. The SMILES string of the molecule is Cc1ccccc1CNCC1C2CC3CC(C2)CC1C3. The number of nitrogens with one attached hydrogen (secondary N) is 1. The average molecular weight is 269 g/mol. The molecular weight excluding hydrogens is 242 g/mol. The van der Waals surface area contributed by atoms with E-state index in [9.17, 15) is 0 Å². The molecule has 1 aromatic rings. The van der Waals surface area contributed by atoms with Crippen molar-refractivity contribution in [2.45, 2.75) is 45.6 Å². The highest BCUT2D eigenvalue weighted by atomic mass is 14.9. The van der Waals surface area contributed by atoms with Crippen molar-refractivity contribution in [3.8, 4) is 0 Å². The van der Waals surface area contributed by atoms with E-state index in [-0.39, 0.29) is 0 Å². The van der Waals surface area contributed by atoms with E-state index >= 15 is 0 Å². The van der Waals surface area contributed by atoms with Crippen LogP contribution in [0, 0.1) is 36.5 Å². The predicted octanol–water partition coefficient (Wildman–Crippen LogP) is 4.16. The molecule has 4 aliphatic carbocycles. The Morgan fingerprint density at radius 3 is 2.25 bits per heavy atom. The number of hydrogen-bond donors (Lipinski definition) is 1. The lowest BCUT2D eigenvalue weighted by molar-refractivity contribution is -0.0355. The summed E-state index contributed by atoms with van der Waals surface area (Å²) >= 11 is 0. The lowest BCUT2D eigenvalue weighted by atomic mass is 9.52. The summed E-state index contributed by atoms with van der Waals surface area (Å²) < 4.78 is 0. The molecule has 0 aromatic heterocycles.